The Bertz CT molecular complexity index is 785. The summed E-state index contributed by atoms with van der Waals surface area (Å²) in [7, 11) is 0. The van der Waals surface area contributed by atoms with Gasteiger partial charge < -0.3 is 20.4 Å². The van der Waals surface area contributed by atoms with Gasteiger partial charge in [-0.05, 0) is 29.8 Å². The van der Waals surface area contributed by atoms with Crippen molar-refractivity contribution in [2.75, 3.05) is 51.2 Å². The molecule has 1 aliphatic heterocycles. The van der Waals surface area contributed by atoms with Crippen LogP contribution in [0.4, 0.5) is 5.69 Å². The van der Waals surface area contributed by atoms with E-state index in [1.54, 1.807) is 12.1 Å². The summed E-state index contributed by atoms with van der Waals surface area (Å²) in [5.41, 5.74) is 2.67. The SMILES string of the molecule is O=C(c1ccc(NCC(O)CO)cc1)N1CCN(CC=Cc2ccccc2)CC1. The molecule has 0 radical (unpaired) electrons. The van der Waals surface area contributed by atoms with Gasteiger partial charge in [0.1, 0.15) is 0 Å². The highest BCUT2D eigenvalue weighted by atomic mass is 16.3. The summed E-state index contributed by atoms with van der Waals surface area (Å²) < 4.78 is 0. The van der Waals surface area contributed by atoms with E-state index >= 15 is 0 Å². The van der Waals surface area contributed by atoms with Crippen LogP contribution in [-0.4, -0.2) is 77.9 Å². The predicted octanol–water partition coefficient (Wildman–Crippen LogP) is 1.92. The average Bonchev–Trinajstić information content (AvgIpc) is 2.78. The molecule has 1 saturated heterocycles. The number of rotatable bonds is 8. The predicted molar refractivity (Wildman–Crippen MR) is 116 cm³/mol. The zero-order valence-electron chi connectivity index (χ0n) is 16.6. The maximum absolute atomic E-state index is 12.7. The summed E-state index contributed by atoms with van der Waals surface area (Å²) in [4.78, 5) is 17.0. The lowest BCUT2D eigenvalue weighted by Gasteiger charge is -2.34. The Hall–Kier alpha value is -2.67. The molecule has 6 nitrogen and oxygen atoms in total. The van der Waals surface area contributed by atoms with Crippen LogP contribution in [0.25, 0.3) is 6.08 Å². The molecule has 0 aromatic heterocycles. The molecule has 1 unspecified atom stereocenters. The molecule has 0 saturated carbocycles. The van der Waals surface area contributed by atoms with Crippen LogP contribution in [-0.2, 0) is 0 Å². The van der Waals surface area contributed by atoms with Crippen molar-refractivity contribution in [2.45, 2.75) is 6.10 Å². The third-order valence-electron chi connectivity index (χ3n) is 5.02. The lowest BCUT2D eigenvalue weighted by molar-refractivity contribution is 0.0650. The van der Waals surface area contributed by atoms with Gasteiger partial charge in [0.05, 0.1) is 12.7 Å². The van der Waals surface area contributed by atoms with E-state index in [2.05, 4.69) is 34.5 Å². The maximum atomic E-state index is 12.7. The number of carbonyl (C=O) groups excluding carboxylic acids is 1. The van der Waals surface area contributed by atoms with E-state index in [1.807, 2.05) is 35.2 Å². The van der Waals surface area contributed by atoms with Crippen LogP contribution in [0.1, 0.15) is 15.9 Å². The van der Waals surface area contributed by atoms with Crippen molar-refractivity contribution >= 4 is 17.7 Å². The minimum Gasteiger partial charge on any atom is -0.394 e. The monoisotopic (exact) mass is 395 g/mol. The molecule has 154 valence electrons. The van der Waals surface area contributed by atoms with Crippen LogP contribution >= 0.6 is 0 Å². The summed E-state index contributed by atoms with van der Waals surface area (Å²) in [6.45, 7) is 4.05. The molecule has 1 aliphatic rings. The number of nitrogens with zero attached hydrogens (tertiary/aromatic N) is 2. The third kappa shape index (κ3) is 6.42. The Morgan fingerprint density at radius 3 is 2.38 bits per heavy atom. The molecular formula is C23H29N3O3. The smallest absolute Gasteiger partial charge is 0.253 e. The van der Waals surface area contributed by atoms with Gasteiger partial charge in [0, 0.05) is 50.5 Å². The van der Waals surface area contributed by atoms with Gasteiger partial charge in [-0.1, -0.05) is 42.5 Å². The van der Waals surface area contributed by atoms with Gasteiger partial charge in [0.25, 0.3) is 5.91 Å². The molecule has 3 N–H and O–H groups in total. The van der Waals surface area contributed by atoms with Crippen molar-refractivity contribution in [3.63, 3.8) is 0 Å². The number of amides is 1. The number of hydrogen-bond donors (Lipinski definition) is 3. The molecule has 29 heavy (non-hydrogen) atoms. The molecular weight excluding hydrogens is 366 g/mol. The van der Waals surface area contributed by atoms with Crippen LogP contribution in [0.5, 0.6) is 0 Å². The fraction of sp³-hybridized carbons (Fsp3) is 0.348. The first-order valence-electron chi connectivity index (χ1n) is 10.0. The Morgan fingerprint density at radius 1 is 1.03 bits per heavy atom. The lowest BCUT2D eigenvalue weighted by Crippen LogP contribution is -2.48. The Labute approximate surface area is 172 Å². The summed E-state index contributed by atoms with van der Waals surface area (Å²) in [5.74, 6) is 0.0476. The summed E-state index contributed by atoms with van der Waals surface area (Å²) >= 11 is 0. The highest BCUT2D eigenvalue weighted by Gasteiger charge is 2.21. The quantitative estimate of drug-likeness (QED) is 0.637. The van der Waals surface area contributed by atoms with E-state index in [0.717, 1.165) is 38.4 Å². The first kappa shape index (κ1) is 21.0. The van der Waals surface area contributed by atoms with Crippen molar-refractivity contribution in [1.29, 1.82) is 0 Å². The minimum absolute atomic E-state index is 0.0476. The zero-order valence-corrected chi connectivity index (χ0v) is 16.6. The number of nitrogens with one attached hydrogen (secondary N) is 1. The average molecular weight is 396 g/mol. The summed E-state index contributed by atoms with van der Waals surface area (Å²) in [6, 6.07) is 17.5. The topological polar surface area (TPSA) is 76.0 Å². The van der Waals surface area contributed by atoms with Crippen molar-refractivity contribution < 1.29 is 15.0 Å². The first-order valence-corrected chi connectivity index (χ1v) is 10.0. The summed E-state index contributed by atoms with van der Waals surface area (Å²) in [5, 5.41) is 21.3. The van der Waals surface area contributed by atoms with Gasteiger partial charge in [-0.3, -0.25) is 9.69 Å². The number of aliphatic hydroxyl groups is 2. The van der Waals surface area contributed by atoms with Crippen LogP contribution in [0, 0.1) is 0 Å². The molecule has 1 fully saturated rings. The van der Waals surface area contributed by atoms with E-state index in [0.29, 0.717) is 5.56 Å². The molecule has 3 rings (SSSR count). The Balaban J connectivity index is 1.44. The second-order valence-corrected chi connectivity index (χ2v) is 7.20. The van der Waals surface area contributed by atoms with E-state index in [9.17, 15) is 9.90 Å². The molecule has 2 aromatic carbocycles. The van der Waals surface area contributed by atoms with Gasteiger partial charge in [-0.25, -0.2) is 0 Å². The van der Waals surface area contributed by atoms with Gasteiger partial charge >= 0.3 is 0 Å². The largest absolute Gasteiger partial charge is 0.394 e. The zero-order chi connectivity index (χ0) is 20.5. The lowest BCUT2D eigenvalue weighted by atomic mass is 10.1. The number of piperazine rings is 1. The molecule has 0 spiro atoms. The molecule has 2 aromatic rings. The van der Waals surface area contributed by atoms with Crippen molar-refractivity contribution in [3.05, 3.63) is 71.8 Å². The van der Waals surface area contributed by atoms with Gasteiger partial charge in [-0.2, -0.15) is 0 Å². The summed E-state index contributed by atoms with van der Waals surface area (Å²) in [6.07, 6.45) is 3.51. The molecule has 1 heterocycles. The number of benzene rings is 2. The highest BCUT2D eigenvalue weighted by molar-refractivity contribution is 5.94. The van der Waals surface area contributed by atoms with E-state index in [-0.39, 0.29) is 19.1 Å². The number of carbonyl (C=O) groups is 1. The van der Waals surface area contributed by atoms with Gasteiger partial charge in [-0.15, -0.1) is 0 Å². The van der Waals surface area contributed by atoms with Gasteiger partial charge in [0.15, 0.2) is 0 Å². The Kier molecular flexibility index (Phi) is 7.81. The third-order valence-corrected chi connectivity index (χ3v) is 5.02. The van der Waals surface area contributed by atoms with Gasteiger partial charge in [0.2, 0.25) is 0 Å². The van der Waals surface area contributed by atoms with E-state index < -0.39 is 6.10 Å². The number of hydrogen-bond acceptors (Lipinski definition) is 5. The van der Waals surface area contributed by atoms with Crippen LogP contribution < -0.4 is 5.32 Å². The number of aliphatic hydroxyl groups excluding tert-OH is 2. The van der Waals surface area contributed by atoms with Crippen molar-refractivity contribution in [2.24, 2.45) is 0 Å². The molecule has 1 amide bonds. The van der Waals surface area contributed by atoms with Crippen LogP contribution in [0.3, 0.4) is 0 Å². The van der Waals surface area contributed by atoms with Crippen molar-refractivity contribution in [3.8, 4) is 0 Å². The highest BCUT2D eigenvalue weighted by Crippen LogP contribution is 2.13. The normalized spacial score (nSPS) is 16.1. The maximum Gasteiger partial charge on any atom is 0.253 e. The molecule has 6 heteroatoms. The minimum atomic E-state index is -0.796. The molecule has 1 atom stereocenters. The number of anilines is 1. The van der Waals surface area contributed by atoms with E-state index in [4.69, 9.17) is 5.11 Å². The fourth-order valence-corrected chi connectivity index (χ4v) is 3.25. The standard InChI is InChI=1S/C23H29N3O3/c27-18-22(28)17-24-21-10-8-20(9-11-21)23(29)26-15-13-25(14-16-26)12-4-7-19-5-2-1-3-6-19/h1-11,22,24,27-28H,12-18H2. The van der Waals surface area contributed by atoms with Crippen molar-refractivity contribution in [1.82, 2.24) is 9.80 Å². The molecule has 0 aliphatic carbocycles. The second-order valence-electron chi connectivity index (χ2n) is 7.20. The van der Waals surface area contributed by atoms with Crippen LogP contribution in [0.15, 0.2) is 60.7 Å². The molecule has 0 bridgehead atoms. The fourth-order valence-electron chi connectivity index (χ4n) is 3.25. The first-order chi connectivity index (χ1) is 14.2. The van der Waals surface area contributed by atoms with E-state index in [1.165, 1.54) is 5.56 Å². The second kappa shape index (κ2) is 10.8. The van der Waals surface area contributed by atoms with Crippen LogP contribution in [0.2, 0.25) is 0 Å². The Morgan fingerprint density at radius 2 is 1.72 bits per heavy atom.